The Morgan fingerprint density at radius 3 is 2.44 bits per heavy atom. The normalized spacial score (nSPS) is 18.2. The first-order chi connectivity index (χ1) is 15.1. The first kappa shape index (κ1) is 21.0. The van der Waals surface area contributed by atoms with Crippen molar-refractivity contribution in [3.63, 3.8) is 0 Å². The molecule has 2 aliphatic carbocycles. The highest BCUT2D eigenvalue weighted by molar-refractivity contribution is 5.64. The zero-order valence-corrected chi connectivity index (χ0v) is 16.4. The van der Waals surface area contributed by atoms with Gasteiger partial charge in [-0.3, -0.25) is 4.40 Å². The van der Waals surface area contributed by atoms with Crippen LogP contribution in [-0.2, 0) is 10.8 Å². The Hall–Kier alpha value is -2.89. The smallest absolute Gasteiger partial charge is 0.428 e. The lowest BCUT2D eigenvalue weighted by atomic mass is 10.1. The van der Waals surface area contributed by atoms with Crippen LogP contribution in [0, 0.1) is 11.7 Å². The molecule has 2 aliphatic rings. The predicted molar refractivity (Wildman–Crippen MR) is 97.4 cm³/mol. The molecule has 2 fully saturated rings. The van der Waals surface area contributed by atoms with Gasteiger partial charge in [0.2, 0.25) is 11.4 Å². The summed E-state index contributed by atoms with van der Waals surface area (Å²) in [6, 6.07) is 3.81. The molecule has 0 spiro atoms. The number of nitrogens with zero attached hydrogens (tertiary/aromatic N) is 4. The van der Waals surface area contributed by atoms with Crippen LogP contribution in [0.5, 0.6) is 5.88 Å². The van der Waals surface area contributed by atoms with E-state index in [2.05, 4.69) is 15.2 Å². The van der Waals surface area contributed by atoms with E-state index in [4.69, 9.17) is 9.47 Å². The quantitative estimate of drug-likeness (QED) is 0.473. The molecule has 6 nitrogen and oxygen atoms in total. The Kier molecular flexibility index (Phi) is 4.63. The van der Waals surface area contributed by atoms with Crippen molar-refractivity contribution in [1.29, 1.82) is 0 Å². The van der Waals surface area contributed by atoms with E-state index in [0.29, 0.717) is 0 Å². The minimum atomic E-state index is -4.64. The van der Waals surface area contributed by atoms with Crippen molar-refractivity contribution >= 4 is 5.65 Å². The fourth-order valence-corrected chi connectivity index (χ4v) is 3.23. The molecule has 0 aromatic carbocycles. The molecule has 3 heterocycles. The van der Waals surface area contributed by atoms with Gasteiger partial charge in [0.1, 0.15) is 0 Å². The summed E-state index contributed by atoms with van der Waals surface area (Å²) >= 11 is 0. The molecule has 0 saturated heterocycles. The van der Waals surface area contributed by atoms with E-state index in [1.165, 1.54) is 18.3 Å². The van der Waals surface area contributed by atoms with E-state index in [1.807, 2.05) is 0 Å². The highest BCUT2D eigenvalue weighted by Crippen LogP contribution is 2.52. The molecule has 0 amide bonds. The molecule has 0 radical (unpaired) electrons. The number of alkyl halides is 5. The van der Waals surface area contributed by atoms with Crippen LogP contribution in [0.25, 0.3) is 16.8 Å². The minimum absolute atomic E-state index is 0.0996. The Labute approximate surface area is 177 Å². The zero-order valence-electron chi connectivity index (χ0n) is 16.4. The number of pyridine rings is 2. The van der Waals surface area contributed by atoms with Gasteiger partial charge in [-0.25, -0.2) is 9.37 Å². The van der Waals surface area contributed by atoms with Gasteiger partial charge < -0.3 is 9.47 Å². The zero-order chi connectivity index (χ0) is 22.7. The summed E-state index contributed by atoms with van der Waals surface area (Å²) in [5, 5.41) is 7.22. The Bertz CT molecular complexity index is 1170. The Morgan fingerprint density at radius 2 is 1.81 bits per heavy atom. The molecule has 3 aromatic rings. The number of ether oxygens (including phenoxy) is 2. The van der Waals surface area contributed by atoms with Gasteiger partial charge in [0, 0.05) is 36.4 Å². The maximum absolute atomic E-state index is 14.5. The lowest BCUT2D eigenvalue weighted by Gasteiger charge is -2.20. The van der Waals surface area contributed by atoms with Gasteiger partial charge >= 0.3 is 12.3 Å². The SMILES string of the molecule is Fc1cc(-c2ccc3nnc(C(F)(F)OCC4CC4)n3c2)cnc1OC1(C(F)(F)F)CC1. The summed E-state index contributed by atoms with van der Waals surface area (Å²) in [5.74, 6) is -2.49. The van der Waals surface area contributed by atoms with E-state index in [1.54, 1.807) is 0 Å². The lowest BCUT2D eigenvalue weighted by molar-refractivity contribution is -0.256. The molecule has 5 rings (SSSR count). The topological polar surface area (TPSA) is 61.5 Å². The van der Waals surface area contributed by atoms with Gasteiger partial charge in [-0.2, -0.15) is 22.0 Å². The number of fused-ring (bicyclic) bond motifs is 1. The van der Waals surface area contributed by atoms with Gasteiger partial charge in [0.15, 0.2) is 11.5 Å². The van der Waals surface area contributed by atoms with Crippen LogP contribution in [-0.4, -0.2) is 38.0 Å². The summed E-state index contributed by atoms with van der Waals surface area (Å²) in [5.41, 5.74) is -1.88. The largest absolute Gasteiger partial charge is 0.459 e. The van der Waals surface area contributed by atoms with Crippen molar-refractivity contribution in [2.75, 3.05) is 6.61 Å². The van der Waals surface area contributed by atoms with Crippen LogP contribution in [0.1, 0.15) is 31.5 Å². The van der Waals surface area contributed by atoms with Crippen LogP contribution in [0.4, 0.5) is 26.3 Å². The van der Waals surface area contributed by atoms with Crippen molar-refractivity contribution in [3.8, 4) is 17.0 Å². The van der Waals surface area contributed by atoms with Crippen molar-refractivity contribution < 1.29 is 35.8 Å². The first-order valence-electron chi connectivity index (χ1n) is 9.87. The average molecular weight is 458 g/mol. The van der Waals surface area contributed by atoms with Gasteiger partial charge in [-0.1, -0.05) is 0 Å². The molecular weight excluding hydrogens is 442 g/mol. The maximum atomic E-state index is 14.5. The van der Waals surface area contributed by atoms with Crippen molar-refractivity contribution in [2.45, 2.75) is 43.6 Å². The van der Waals surface area contributed by atoms with Crippen molar-refractivity contribution in [2.24, 2.45) is 5.92 Å². The third-order valence-corrected chi connectivity index (χ3v) is 5.51. The highest BCUT2D eigenvalue weighted by atomic mass is 19.4. The third kappa shape index (κ3) is 3.76. The maximum Gasteiger partial charge on any atom is 0.428 e. The number of aromatic nitrogens is 4. The summed E-state index contributed by atoms with van der Waals surface area (Å²) < 4.78 is 93.2. The van der Waals surface area contributed by atoms with Gasteiger partial charge in [-0.05, 0) is 37.0 Å². The average Bonchev–Trinajstić information content (AvgIpc) is 3.65. The molecule has 0 atom stereocenters. The summed E-state index contributed by atoms with van der Waals surface area (Å²) in [7, 11) is 0. The summed E-state index contributed by atoms with van der Waals surface area (Å²) in [6.07, 6.45) is -4.83. The fraction of sp³-hybridized carbons (Fsp3) is 0.450. The second-order valence-corrected chi connectivity index (χ2v) is 8.05. The number of rotatable bonds is 7. The molecule has 3 aromatic heterocycles. The van der Waals surface area contributed by atoms with E-state index >= 15 is 0 Å². The van der Waals surface area contributed by atoms with E-state index < -0.39 is 35.4 Å². The Morgan fingerprint density at radius 1 is 1.06 bits per heavy atom. The molecular formula is C20H16F6N4O2. The van der Waals surface area contributed by atoms with E-state index in [9.17, 15) is 26.3 Å². The van der Waals surface area contributed by atoms with E-state index in [-0.39, 0.29) is 42.1 Å². The minimum Gasteiger partial charge on any atom is -0.459 e. The standard InChI is InChI=1S/C20H16F6N4O2/c21-14-7-13(8-27-16(14)32-18(5-6-18)20(24,25)26)12-3-4-15-28-29-17(30(15)9-12)19(22,23)31-10-11-1-2-11/h3-4,7-9,11H,1-2,5-6,10H2. The van der Waals surface area contributed by atoms with Gasteiger partial charge in [0.05, 0.1) is 6.61 Å². The lowest BCUT2D eigenvalue weighted by Crippen LogP contribution is -2.37. The molecule has 0 unspecified atom stereocenters. The molecule has 32 heavy (non-hydrogen) atoms. The summed E-state index contributed by atoms with van der Waals surface area (Å²) in [6.45, 7) is -0.0996. The van der Waals surface area contributed by atoms with Crippen LogP contribution in [0.2, 0.25) is 0 Å². The van der Waals surface area contributed by atoms with Crippen LogP contribution in [0.3, 0.4) is 0 Å². The number of hydrogen-bond donors (Lipinski definition) is 0. The van der Waals surface area contributed by atoms with Crippen LogP contribution < -0.4 is 4.74 Å². The summed E-state index contributed by atoms with van der Waals surface area (Å²) in [4.78, 5) is 3.68. The fourth-order valence-electron chi connectivity index (χ4n) is 3.23. The van der Waals surface area contributed by atoms with Crippen LogP contribution in [0.15, 0.2) is 30.6 Å². The number of hydrogen-bond acceptors (Lipinski definition) is 5. The third-order valence-electron chi connectivity index (χ3n) is 5.51. The van der Waals surface area contributed by atoms with Crippen LogP contribution >= 0.6 is 0 Å². The Balaban J connectivity index is 1.42. The molecule has 0 N–H and O–H groups in total. The van der Waals surface area contributed by atoms with Crippen molar-refractivity contribution in [1.82, 2.24) is 19.6 Å². The number of halogens is 6. The second kappa shape index (κ2) is 7.06. The molecule has 0 aliphatic heterocycles. The first-order valence-corrected chi connectivity index (χ1v) is 9.87. The monoisotopic (exact) mass is 458 g/mol. The molecule has 0 bridgehead atoms. The molecule has 12 heteroatoms. The second-order valence-electron chi connectivity index (χ2n) is 8.05. The highest BCUT2D eigenvalue weighted by Gasteiger charge is 2.66. The van der Waals surface area contributed by atoms with Gasteiger partial charge in [-0.15, -0.1) is 10.2 Å². The van der Waals surface area contributed by atoms with Crippen molar-refractivity contribution in [3.05, 3.63) is 42.2 Å². The molecule has 170 valence electrons. The predicted octanol–water partition coefficient (Wildman–Crippen LogP) is 4.88. The van der Waals surface area contributed by atoms with Gasteiger partial charge in [0.25, 0.3) is 5.88 Å². The van der Waals surface area contributed by atoms with E-state index in [0.717, 1.165) is 29.5 Å². The molecule has 2 saturated carbocycles.